The standard InChI is InChI=1S/C14H19ClN2O4.ClH/c1-19-8-9-7-17(3-4-21-9)14(18)10-5-11(15)12(16)6-13(10)20-2;/h5-6,9H,3-4,7-8,16H2,1-2H3;1H. The molecule has 2 rings (SSSR count). The maximum Gasteiger partial charge on any atom is 0.257 e. The first-order valence-corrected chi connectivity index (χ1v) is 6.97. The Hall–Kier alpha value is -1.21. The number of amides is 1. The highest BCUT2D eigenvalue weighted by molar-refractivity contribution is 6.33. The summed E-state index contributed by atoms with van der Waals surface area (Å²) in [5.74, 6) is 0.259. The van der Waals surface area contributed by atoms with Crippen LogP contribution in [0.2, 0.25) is 5.02 Å². The minimum absolute atomic E-state index is 0. The Balaban J connectivity index is 0.00000242. The van der Waals surface area contributed by atoms with Gasteiger partial charge in [0.15, 0.2) is 0 Å². The lowest BCUT2D eigenvalue weighted by Crippen LogP contribution is -2.47. The number of benzene rings is 1. The second kappa shape index (κ2) is 8.43. The third-order valence-electron chi connectivity index (χ3n) is 3.33. The minimum atomic E-state index is -0.154. The van der Waals surface area contributed by atoms with Gasteiger partial charge in [-0.2, -0.15) is 0 Å². The van der Waals surface area contributed by atoms with Gasteiger partial charge in [-0.1, -0.05) is 11.6 Å². The molecule has 1 heterocycles. The summed E-state index contributed by atoms with van der Waals surface area (Å²) in [6, 6.07) is 3.10. The van der Waals surface area contributed by atoms with Crippen LogP contribution in [0.5, 0.6) is 5.75 Å². The van der Waals surface area contributed by atoms with Crippen LogP contribution in [0, 0.1) is 0 Å². The van der Waals surface area contributed by atoms with Crippen molar-refractivity contribution in [2.45, 2.75) is 6.10 Å². The van der Waals surface area contributed by atoms with Crippen molar-refractivity contribution in [2.24, 2.45) is 0 Å². The Morgan fingerprint density at radius 1 is 1.50 bits per heavy atom. The Morgan fingerprint density at radius 3 is 2.86 bits per heavy atom. The van der Waals surface area contributed by atoms with Gasteiger partial charge in [-0.05, 0) is 6.07 Å². The number of carbonyl (C=O) groups is 1. The second-order valence-electron chi connectivity index (χ2n) is 4.77. The summed E-state index contributed by atoms with van der Waals surface area (Å²) in [6.45, 7) is 1.91. The van der Waals surface area contributed by atoms with E-state index in [-0.39, 0.29) is 24.4 Å². The van der Waals surface area contributed by atoms with E-state index in [0.29, 0.717) is 48.3 Å². The van der Waals surface area contributed by atoms with Crippen molar-refractivity contribution in [3.05, 3.63) is 22.7 Å². The molecular formula is C14H20Cl2N2O4. The first-order valence-electron chi connectivity index (χ1n) is 6.59. The van der Waals surface area contributed by atoms with Crippen molar-refractivity contribution >= 4 is 35.6 Å². The average molecular weight is 351 g/mol. The maximum absolute atomic E-state index is 12.6. The molecule has 1 unspecified atom stereocenters. The number of morpholine rings is 1. The molecule has 8 heteroatoms. The normalized spacial score (nSPS) is 17.8. The van der Waals surface area contributed by atoms with E-state index in [0.717, 1.165) is 0 Å². The van der Waals surface area contributed by atoms with Crippen molar-refractivity contribution in [3.8, 4) is 5.75 Å². The largest absolute Gasteiger partial charge is 0.496 e. The van der Waals surface area contributed by atoms with Crippen molar-refractivity contribution < 1.29 is 19.0 Å². The smallest absolute Gasteiger partial charge is 0.257 e. The molecule has 6 nitrogen and oxygen atoms in total. The zero-order valence-electron chi connectivity index (χ0n) is 12.5. The molecule has 1 aliphatic rings. The number of nitrogen functional groups attached to an aromatic ring is 1. The number of halogens is 2. The number of carbonyl (C=O) groups excluding carboxylic acids is 1. The van der Waals surface area contributed by atoms with E-state index < -0.39 is 0 Å². The molecule has 0 saturated carbocycles. The van der Waals surface area contributed by atoms with Crippen molar-refractivity contribution in [2.75, 3.05) is 46.3 Å². The van der Waals surface area contributed by atoms with Gasteiger partial charge in [-0.3, -0.25) is 4.79 Å². The van der Waals surface area contributed by atoms with Gasteiger partial charge >= 0.3 is 0 Å². The Bertz CT molecular complexity index is 526. The molecule has 1 aromatic rings. The lowest BCUT2D eigenvalue weighted by Gasteiger charge is -2.33. The summed E-state index contributed by atoms with van der Waals surface area (Å²) in [5.41, 5.74) is 6.51. The zero-order valence-corrected chi connectivity index (χ0v) is 14.1. The number of nitrogens with zero attached hydrogens (tertiary/aromatic N) is 1. The molecule has 1 fully saturated rings. The fraction of sp³-hybridized carbons (Fsp3) is 0.500. The van der Waals surface area contributed by atoms with Gasteiger partial charge in [0.2, 0.25) is 0 Å². The van der Waals surface area contributed by atoms with Crippen LogP contribution in [0.4, 0.5) is 5.69 Å². The topological polar surface area (TPSA) is 74.0 Å². The van der Waals surface area contributed by atoms with Crippen LogP contribution in [-0.2, 0) is 9.47 Å². The summed E-state index contributed by atoms with van der Waals surface area (Å²) >= 11 is 6.01. The predicted octanol–water partition coefficient (Wildman–Crippen LogP) is 1.84. The lowest BCUT2D eigenvalue weighted by atomic mass is 10.1. The van der Waals surface area contributed by atoms with Gasteiger partial charge < -0.3 is 24.8 Å². The predicted molar refractivity (Wildman–Crippen MR) is 87.2 cm³/mol. The van der Waals surface area contributed by atoms with Crippen LogP contribution < -0.4 is 10.5 Å². The number of hydrogen-bond donors (Lipinski definition) is 1. The molecular weight excluding hydrogens is 331 g/mol. The molecule has 0 bridgehead atoms. The quantitative estimate of drug-likeness (QED) is 0.838. The molecule has 22 heavy (non-hydrogen) atoms. The van der Waals surface area contributed by atoms with Gasteiger partial charge in [0, 0.05) is 26.3 Å². The molecule has 0 radical (unpaired) electrons. The lowest BCUT2D eigenvalue weighted by molar-refractivity contribution is -0.0531. The molecule has 0 spiro atoms. The van der Waals surface area contributed by atoms with Crippen LogP contribution in [0.15, 0.2) is 12.1 Å². The first-order chi connectivity index (χ1) is 10.1. The summed E-state index contributed by atoms with van der Waals surface area (Å²) < 4.78 is 15.8. The van der Waals surface area contributed by atoms with Crippen molar-refractivity contribution in [1.29, 1.82) is 0 Å². The highest BCUT2D eigenvalue weighted by Crippen LogP contribution is 2.30. The van der Waals surface area contributed by atoms with E-state index in [1.807, 2.05) is 0 Å². The van der Waals surface area contributed by atoms with E-state index in [9.17, 15) is 4.79 Å². The van der Waals surface area contributed by atoms with E-state index in [1.54, 1.807) is 24.1 Å². The van der Waals surface area contributed by atoms with Crippen LogP contribution in [0.25, 0.3) is 0 Å². The molecule has 124 valence electrons. The highest BCUT2D eigenvalue weighted by Gasteiger charge is 2.27. The third kappa shape index (κ3) is 4.16. The van der Waals surface area contributed by atoms with Gasteiger partial charge in [0.05, 0.1) is 42.7 Å². The molecule has 1 amide bonds. The van der Waals surface area contributed by atoms with E-state index in [1.165, 1.54) is 7.11 Å². The first kappa shape index (κ1) is 18.8. The van der Waals surface area contributed by atoms with Crippen molar-refractivity contribution in [3.63, 3.8) is 0 Å². The van der Waals surface area contributed by atoms with Crippen LogP contribution in [0.1, 0.15) is 10.4 Å². The fourth-order valence-corrected chi connectivity index (χ4v) is 2.43. The fourth-order valence-electron chi connectivity index (χ4n) is 2.27. The van der Waals surface area contributed by atoms with Crippen LogP contribution >= 0.6 is 24.0 Å². The summed E-state index contributed by atoms with van der Waals surface area (Å²) in [6.07, 6.45) is -0.122. The Labute approximate surface area is 140 Å². The third-order valence-corrected chi connectivity index (χ3v) is 3.66. The highest BCUT2D eigenvalue weighted by atomic mass is 35.5. The van der Waals surface area contributed by atoms with Crippen molar-refractivity contribution in [1.82, 2.24) is 4.90 Å². The molecule has 1 aromatic carbocycles. The Morgan fingerprint density at radius 2 is 2.23 bits per heavy atom. The van der Waals surface area contributed by atoms with Crippen LogP contribution in [0.3, 0.4) is 0 Å². The zero-order chi connectivity index (χ0) is 15.4. The minimum Gasteiger partial charge on any atom is -0.496 e. The molecule has 0 aromatic heterocycles. The number of nitrogens with two attached hydrogens (primary N) is 1. The maximum atomic E-state index is 12.6. The molecule has 0 aliphatic carbocycles. The monoisotopic (exact) mass is 350 g/mol. The summed E-state index contributed by atoms with van der Waals surface area (Å²) in [4.78, 5) is 14.3. The van der Waals surface area contributed by atoms with E-state index >= 15 is 0 Å². The molecule has 1 aliphatic heterocycles. The summed E-state index contributed by atoms with van der Waals surface area (Å²) in [5, 5.41) is 0.334. The van der Waals surface area contributed by atoms with Gasteiger partial charge in [0.25, 0.3) is 5.91 Å². The molecule has 2 N–H and O–H groups in total. The van der Waals surface area contributed by atoms with E-state index in [4.69, 9.17) is 31.5 Å². The number of anilines is 1. The number of hydrogen-bond acceptors (Lipinski definition) is 5. The average Bonchev–Trinajstić information content (AvgIpc) is 2.49. The van der Waals surface area contributed by atoms with Gasteiger partial charge in [-0.25, -0.2) is 0 Å². The number of rotatable bonds is 4. The second-order valence-corrected chi connectivity index (χ2v) is 5.18. The van der Waals surface area contributed by atoms with Crippen LogP contribution in [-0.4, -0.2) is 57.4 Å². The number of ether oxygens (including phenoxy) is 3. The Kier molecular flexibility index (Phi) is 7.22. The summed E-state index contributed by atoms with van der Waals surface area (Å²) in [7, 11) is 3.10. The molecule has 1 atom stereocenters. The van der Waals surface area contributed by atoms with E-state index in [2.05, 4.69) is 0 Å². The number of methoxy groups -OCH3 is 2. The van der Waals surface area contributed by atoms with Gasteiger partial charge in [0.1, 0.15) is 5.75 Å². The van der Waals surface area contributed by atoms with Gasteiger partial charge in [-0.15, -0.1) is 12.4 Å². The molecule has 1 saturated heterocycles. The SMILES string of the molecule is COCC1CN(C(=O)c2cc(Cl)c(N)cc2OC)CCO1.Cl.